The lowest BCUT2D eigenvalue weighted by molar-refractivity contribution is 0.0606. The highest BCUT2D eigenvalue weighted by molar-refractivity contribution is 7.21. The SMILES string of the molecule is CN[C@H]1CC[C@@H](N(Cc2cccc(-c3cccc(C(C)=O)c3)c2)C(=O)c2sc3c(F)ccc(F)c3c2Cl)CC1. The Balaban J connectivity index is 1.51. The van der Waals surface area contributed by atoms with Crippen LogP contribution in [-0.2, 0) is 6.54 Å². The van der Waals surface area contributed by atoms with Crippen LogP contribution in [0.2, 0.25) is 5.02 Å². The first-order valence-corrected chi connectivity index (χ1v) is 14.2. The molecule has 4 nitrogen and oxygen atoms in total. The van der Waals surface area contributed by atoms with Gasteiger partial charge in [-0.25, -0.2) is 8.78 Å². The lowest BCUT2D eigenvalue weighted by atomic mass is 9.89. The van der Waals surface area contributed by atoms with Gasteiger partial charge >= 0.3 is 0 Å². The van der Waals surface area contributed by atoms with E-state index in [1.54, 1.807) is 13.0 Å². The summed E-state index contributed by atoms with van der Waals surface area (Å²) >= 11 is 7.43. The van der Waals surface area contributed by atoms with Crippen LogP contribution in [-0.4, -0.2) is 35.7 Å². The molecule has 8 heteroatoms. The van der Waals surface area contributed by atoms with E-state index in [4.69, 9.17) is 11.6 Å². The number of carbonyl (C=O) groups excluding carboxylic acids is 2. The number of benzene rings is 3. The van der Waals surface area contributed by atoms with Gasteiger partial charge in [0.15, 0.2) is 5.78 Å². The number of amides is 1. The van der Waals surface area contributed by atoms with Crippen LogP contribution < -0.4 is 5.32 Å². The number of nitrogens with zero attached hydrogens (tertiary/aromatic N) is 1. The zero-order valence-electron chi connectivity index (χ0n) is 21.8. The van der Waals surface area contributed by atoms with Crippen molar-refractivity contribution in [2.45, 2.75) is 51.2 Å². The molecule has 0 atom stereocenters. The van der Waals surface area contributed by atoms with Crippen molar-refractivity contribution in [2.75, 3.05) is 7.05 Å². The third-order valence-electron chi connectivity index (χ3n) is 7.56. The number of ketones is 1. The van der Waals surface area contributed by atoms with Crippen molar-refractivity contribution < 1.29 is 18.4 Å². The van der Waals surface area contributed by atoms with E-state index in [0.717, 1.165) is 65.8 Å². The first-order chi connectivity index (χ1) is 18.8. The van der Waals surface area contributed by atoms with Crippen molar-refractivity contribution in [3.63, 3.8) is 0 Å². The van der Waals surface area contributed by atoms with E-state index in [9.17, 15) is 18.4 Å². The van der Waals surface area contributed by atoms with Crippen LogP contribution in [0.4, 0.5) is 8.78 Å². The van der Waals surface area contributed by atoms with Crippen LogP contribution in [0.1, 0.15) is 58.2 Å². The van der Waals surface area contributed by atoms with Gasteiger partial charge in [-0.15, -0.1) is 11.3 Å². The Kier molecular flexibility index (Phi) is 8.12. The maximum absolute atomic E-state index is 14.6. The van der Waals surface area contributed by atoms with Gasteiger partial charge in [-0.3, -0.25) is 9.59 Å². The second-order valence-corrected chi connectivity index (χ2v) is 11.4. The summed E-state index contributed by atoms with van der Waals surface area (Å²) < 4.78 is 29.1. The highest BCUT2D eigenvalue weighted by atomic mass is 35.5. The summed E-state index contributed by atoms with van der Waals surface area (Å²) in [5, 5.41) is 3.24. The molecule has 1 fully saturated rings. The van der Waals surface area contributed by atoms with Crippen LogP contribution in [0.5, 0.6) is 0 Å². The molecule has 5 rings (SSSR count). The first kappa shape index (κ1) is 27.4. The molecular weight excluding hydrogens is 538 g/mol. The van der Waals surface area contributed by atoms with Crippen molar-refractivity contribution in [1.29, 1.82) is 0 Å². The summed E-state index contributed by atoms with van der Waals surface area (Å²) in [6.45, 7) is 1.86. The second-order valence-electron chi connectivity index (χ2n) is 10.0. The largest absolute Gasteiger partial charge is 0.331 e. The molecule has 1 amide bonds. The molecule has 202 valence electrons. The number of nitrogens with one attached hydrogen (secondary N) is 1. The molecule has 0 spiro atoms. The number of hydrogen-bond acceptors (Lipinski definition) is 4. The minimum absolute atomic E-state index is 0.00460. The van der Waals surface area contributed by atoms with Crippen LogP contribution >= 0.6 is 22.9 Å². The topological polar surface area (TPSA) is 49.4 Å². The predicted octanol–water partition coefficient (Wildman–Crippen LogP) is 7.88. The number of fused-ring (bicyclic) bond motifs is 1. The number of hydrogen-bond donors (Lipinski definition) is 1. The molecular formula is C31H29ClF2N2O2S. The van der Waals surface area contributed by atoms with Crippen molar-refractivity contribution in [3.05, 3.63) is 93.3 Å². The smallest absolute Gasteiger partial charge is 0.266 e. The first-order valence-electron chi connectivity index (χ1n) is 13.0. The minimum atomic E-state index is -0.645. The Morgan fingerprint density at radius 2 is 1.64 bits per heavy atom. The molecule has 0 saturated heterocycles. The van der Waals surface area contributed by atoms with Gasteiger partial charge < -0.3 is 10.2 Å². The third kappa shape index (κ3) is 5.62. The molecule has 1 N–H and O–H groups in total. The van der Waals surface area contributed by atoms with Gasteiger partial charge in [0, 0.05) is 24.2 Å². The molecule has 4 aromatic rings. The number of thiophene rings is 1. The van der Waals surface area contributed by atoms with Crippen molar-refractivity contribution in [1.82, 2.24) is 10.2 Å². The van der Waals surface area contributed by atoms with Crippen molar-refractivity contribution in [2.24, 2.45) is 0 Å². The summed E-state index contributed by atoms with van der Waals surface area (Å²) in [5.41, 5.74) is 3.40. The summed E-state index contributed by atoms with van der Waals surface area (Å²) in [7, 11) is 1.95. The van der Waals surface area contributed by atoms with Crippen LogP contribution in [0.3, 0.4) is 0 Å². The molecule has 1 aliphatic rings. The van der Waals surface area contributed by atoms with Crippen molar-refractivity contribution in [3.8, 4) is 11.1 Å². The lowest BCUT2D eigenvalue weighted by Gasteiger charge is -2.37. The molecule has 3 aromatic carbocycles. The van der Waals surface area contributed by atoms with E-state index in [-0.39, 0.29) is 37.7 Å². The molecule has 39 heavy (non-hydrogen) atoms. The maximum Gasteiger partial charge on any atom is 0.266 e. The van der Waals surface area contributed by atoms with Crippen LogP contribution in [0.25, 0.3) is 21.2 Å². The molecule has 1 saturated carbocycles. The van der Waals surface area contributed by atoms with Gasteiger partial charge in [0.25, 0.3) is 5.91 Å². The fourth-order valence-corrected chi connectivity index (χ4v) is 6.88. The average molecular weight is 567 g/mol. The van der Waals surface area contributed by atoms with E-state index in [1.165, 1.54) is 0 Å². The molecule has 1 aliphatic carbocycles. The highest BCUT2D eigenvalue weighted by Crippen LogP contribution is 2.40. The average Bonchev–Trinajstić information content (AvgIpc) is 3.32. The maximum atomic E-state index is 14.6. The molecule has 0 bridgehead atoms. The highest BCUT2D eigenvalue weighted by Gasteiger charge is 2.32. The predicted molar refractivity (Wildman–Crippen MR) is 154 cm³/mol. The van der Waals surface area contributed by atoms with Crippen LogP contribution in [0, 0.1) is 11.6 Å². The van der Waals surface area contributed by atoms with Gasteiger partial charge in [-0.2, -0.15) is 0 Å². The monoisotopic (exact) mass is 566 g/mol. The van der Waals surface area contributed by atoms with E-state index >= 15 is 0 Å². The number of rotatable bonds is 7. The Morgan fingerprint density at radius 3 is 2.31 bits per heavy atom. The summed E-state index contributed by atoms with van der Waals surface area (Å²) in [5.74, 6) is -1.57. The Hall–Kier alpha value is -3.13. The normalized spacial score (nSPS) is 17.4. The van der Waals surface area contributed by atoms with Gasteiger partial charge in [0.05, 0.1) is 15.1 Å². The van der Waals surface area contributed by atoms with Gasteiger partial charge in [-0.1, -0.05) is 48.0 Å². The van der Waals surface area contributed by atoms with Gasteiger partial charge in [0.2, 0.25) is 0 Å². The van der Waals surface area contributed by atoms with E-state index in [1.807, 2.05) is 54.4 Å². The fourth-order valence-electron chi connectivity index (χ4n) is 5.37. The van der Waals surface area contributed by atoms with Gasteiger partial charge in [-0.05, 0) is 80.6 Å². The number of halogens is 3. The van der Waals surface area contributed by atoms with Crippen molar-refractivity contribution >= 4 is 44.7 Å². The van der Waals surface area contributed by atoms with Crippen LogP contribution in [0.15, 0.2) is 60.7 Å². The minimum Gasteiger partial charge on any atom is -0.331 e. The summed E-state index contributed by atoms with van der Waals surface area (Å²) in [4.78, 5) is 27.9. The Bertz CT molecular complexity index is 1550. The molecule has 1 heterocycles. The Morgan fingerprint density at radius 1 is 0.974 bits per heavy atom. The zero-order chi connectivity index (χ0) is 27.7. The van der Waals surface area contributed by atoms with E-state index in [0.29, 0.717) is 18.2 Å². The molecule has 1 aromatic heterocycles. The van der Waals surface area contributed by atoms with Gasteiger partial charge in [0.1, 0.15) is 16.5 Å². The Labute approximate surface area is 235 Å². The quantitative estimate of drug-likeness (QED) is 0.232. The number of Topliss-reactive ketones (excluding diaryl/α,β-unsaturated/α-hetero) is 1. The zero-order valence-corrected chi connectivity index (χ0v) is 23.3. The second kappa shape index (κ2) is 11.5. The molecule has 0 radical (unpaired) electrons. The third-order valence-corrected chi connectivity index (χ3v) is 9.24. The molecule has 0 unspecified atom stereocenters. The fraction of sp³-hybridized carbons (Fsp3) is 0.290. The lowest BCUT2D eigenvalue weighted by Crippen LogP contribution is -2.44. The van der Waals surface area contributed by atoms with E-state index < -0.39 is 11.6 Å². The molecule has 0 aliphatic heterocycles. The summed E-state index contributed by atoms with van der Waals surface area (Å²) in [6.07, 6.45) is 3.46. The standard InChI is InChI=1S/C31H29ClF2N2O2S/c1-18(37)20-6-4-8-22(16-20)21-7-3-5-19(15-21)17-36(24-11-9-23(35-2)10-12-24)31(38)30-28(32)27-25(33)13-14-26(34)29(27)39-30/h3-8,13-16,23-24,35H,9-12,17H2,1-2H3/t23-,24+. The van der Waals surface area contributed by atoms with E-state index in [2.05, 4.69) is 5.32 Å². The summed E-state index contributed by atoms with van der Waals surface area (Å²) in [6, 6.07) is 17.8. The number of carbonyl (C=O) groups is 2.